The monoisotopic (exact) mass is 363 g/mol. The molecule has 0 saturated carbocycles. The highest BCUT2D eigenvalue weighted by Gasteiger charge is 2.46. The predicted molar refractivity (Wildman–Crippen MR) is 97.7 cm³/mol. The van der Waals surface area contributed by atoms with Gasteiger partial charge in [-0.15, -0.1) is 0 Å². The van der Waals surface area contributed by atoms with Crippen molar-refractivity contribution in [1.29, 1.82) is 0 Å². The molecule has 0 amide bonds. The highest BCUT2D eigenvalue weighted by atomic mass is 32.2. The van der Waals surface area contributed by atoms with Gasteiger partial charge in [-0.3, -0.25) is 15.1 Å². The number of hydrogen-bond acceptors (Lipinski definition) is 6. The number of sulfone groups is 1. The van der Waals surface area contributed by atoms with Gasteiger partial charge in [-0.25, -0.2) is 8.42 Å². The van der Waals surface area contributed by atoms with Gasteiger partial charge in [0.15, 0.2) is 9.84 Å². The van der Waals surface area contributed by atoms with Crippen molar-refractivity contribution in [1.82, 2.24) is 4.98 Å². The van der Waals surface area contributed by atoms with Crippen LogP contribution in [0, 0.1) is 10.1 Å². The van der Waals surface area contributed by atoms with E-state index in [2.05, 4.69) is 4.98 Å². The minimum absolute atomic E-state index is 0.00833. The SMILES string of the molecule is CCC1(CC)CN(c2ccc3ncccc3c2[N+](=O)[O-])CCS1(=O)=O. The number of anilines is 1. The van der Waals surface area contributed by atoms with Crippen LogP contribution in [0.1, 0.15) is 26.7 Å². The Kier molecular flexibility index (Phi) is 4.40. The molecule has 2 aromatic rings. The van der Waals surface area contributed by atoms with Gasteiger partial charge >= 0.3 is 5.69 Å². The van der Waals surface area contributed by atoms with Crippen LogP contribution < -0.4 is 4.90 Å². The number of benzene rings is 1. The molecule has 1 aromatic heterocycles. The Balaban J connectivity index is 2.14. The third-order valence-corrected chi connectivity index (χ3v) is 8.06. The number of hydrogen-bond donors (Lipinski definition) is 0. The highest BCUT2D eigenvalue weighted by Crippen LogP contribution is 2.39. The first kappa shape index (κ1) is 17.6. The van der Waals surface area contributed by atoms with Crippen molar-refractivity contribution in [2.75, 3.05) is 23.7 Å². The number of nitrogens with zero attached hydrogens (tertiary/aromatic N) is 3. The average molecular weight is 363 g/mol. The predicted octanol–water partition coefficient (Wildman–Crippen LogP) is 2.94. The fourth-order valence-electron chi connectivity index (χ4n) is 3.66. The number of aromatic nitrogens is 1. The standard InChI is InChI=1S/C17H21N3O4S/c1-3-17(4-2)12-19(10-11-25(17,23)24)15-8-7-14-13(6-5-9-18-14)16(15)20(21)22/h5-9H,3-4,10-12H2,1-2H3. The summed E-state index contributed by atoms with van der Waals surface area (Å²) in [6, 6.07) is 6.78. The Bertz CT molecular complexity index is 923. The molecule has 1 aromatic carbocycles. The first-order chi connectivity index (χ1) is 11.8. The van der Waals surface area contributed by atoms with Crippen molar-refractivity contribution in [3.05, 3.63) is 40.6 Å². The number of nitro groups is 1. The molecule has 0 atom stereocenters. The lowest BCUT2D eigenvalue weighted by Gasteiger charge is -2.42. The van der Waals surface area contributed by atoms with Gasteiger partial charge in [0.1, 0.15) is 5.69 Å². The van der Waals surface area contributed by atoms with E-state index in [1.54, 1.807) is 30.5 Å². The van der Waals surface area contributed by atoms with Crippen LogP contribution in [0.2, 0.25) is 0 Å². The zero-order valence-corrected chi connectivity index (χ0v) is 15.1. The molecule has 0 radical (unpaired) electrons. The molecule has 0 bridgehead atoms. The summed E-state index contributed by atoms with van der Waals surface area (Å²) < 4.78 is 24.3. The van der Waals surface area contributed by atoms with Crippen LogP contribution in [-0.2, 0) is 9.84 Å². The Labute approximate surface area is 146 Å². The van der Waals surface area contributed by atoms with Gasteiger partial charge in [0.2, 0.25) is 0 Å². The summed E-state index contributed by atoms with van der Waals surface area (Å²) in [6.45, 7) is 4.26. The fourth-order valence-corrected chi connectivity index (χ4v) is 5.79. The van der Waals surface area contributed by atoms with Crippen LogP contribution in [0.3, 0.4) is 0 Å². The van der Waals surface area contributed by atoms with Crippen molar-refractivity contribution in [2.24, 2.45) is 0 Å². The fraction of sp³-hybridized carbons (Fsp3) is 0.471. The lowest BCUT2D eigenvalue weighted by Crippen LogP contribution is -2.56. The first-order valence-electron chi connectivity index (χ1n) is 8.34. The van der Waals surface area contributed by atoms with Gasteiger partial charge in [-0.1, -0.05) is 13.8 Å². The summed E-state index contributed by atoms with van der Waals surface area (Å²) in [6.07, 6.45) is 2.58. The summed E-state index contributed by atoms with van der Waals surface area (Å²) in [5.41, 5.74) is 1.01. The maximum Gasteiger partial charge on any atom is 0.301 e. The van der Waals surface area contributed by atoms with Crippen LogP contribution in [0.5, 0.6) is 0 Å². The molecule has 0 N–H and O–H groups in total. The Morgan fingerprint density at radius 2 is 2.00 bits per heavy atom. The molecule has 25 heavy (non-hydrogen) atoms. The number of rotatable bonds is 4. The second-order valence-corrected chi connectivity index (χ2v) is 8.89. The lowest BCUT2D eigenvalue weighted by molar-refractivity contribution is -0.382. The number of fused-ring (bicyclic) bond motifs is 1. The smallest absolute Gasteiger partial charge is 0.301 e. The number of nitro benzene ring substituents is 1. The topological polar surface area (TPSA) is 93.4 Å². The molecule has 3 rings (SSSR count). The van der Waals surface area contributed by atoms with Crippen LogP contribution in [-0.4, -0.2) is 41.9 Å². The average Bonchev–Trinajstić information content (AvgIpc) is 2.60. The minimum atomic E-state index is -3.23. The Morgan fingerprint density at radius 3 is 2.64 bits per heavy atom. The van der Waals surface area contributed by atoms with Crippen LogP contribution >= 0.6 is 0 Å². The molecule has 1 aliphatic heterocycles. The van der Waals surface area contributed by atoms with E-state index in [9.17, 15) is 18.5 Å². The van der Waals surface area contributed by atoms with E-state index in [-0.39, 0.29) is 24.5 Å². The van der Waals surface area contributed by atoms with Crippen molar-refractivity contribution in [3.8, 4) is 0 Å². The largest absolute Gasteiger partial charge is 0.363 e. The maximum atomic E-state index is 12.6. The van der Waals surface area contributed by atoms with Crippen molar-refractivity contribution < 1.29 is 13.3 Å². The molecule has 0 spiro atoms. The lowest BCUT2D eigenvalue weighted by atomic mass is 10.00. The quantitative estimate of drug-likeness (QED) is 0.612. The molecular formula is C17H21N3O4S. The Hall–Kier alpha value is -2.22. The van der Waals surface area contributed by atoms with E-state index >= 15 is 0 Å². The zero-order chi connectivity index (χ0) is 18.2. The molecule has 1 fully saturated rings. The molecule has 0 unspecified atom stereocenters. The molecule has 134 valence electrons. The van der Waals surface area contributed by atoms with E-state index in [1.807, 2.05) is 18.7 Å². The van der Waals surface area contributed by atoms with Crippen LogP contribution in [0.25, 0.3) is 10.9 Å². The van der Waals surface area contributed by atoms with Gasteiger partial charge in [-0.05, 0) is 37.1 Å². The van der Waals surface area contributed by atoms with Gasteiger partial charge in [0, 0.05) is 19.3 Å². The highest BCUT2D eigenvalue weighted by molar-refractivity contribution is 7.92. The van der Waals surface area contributed by atoms with Crippen LogP contribution in [0.4, 0.5) is 11.4 Å². The molecule has 1 saturated heterocycles. The maximum absolute atomic E-state index is 12.6. The van der Waals surface area contributed by atoms with E-state index in [0.717, 1.165) is 0 Å². The normalized spacial score (nSPS) is 19.0. The first-order valence-corrected chi connectivity index (χ1v) is 10.00. The summed E-state index contributed by atoms with van der Waals surface area (Å²) in [5, 5.41) is 12.2. The van der Waals surface area contributed by atoms with Crippen molar-refractivity contribution in [2.45, 2.75) is 31.4 Å². The summed E-state index contributed by atoms with van der Waals surface area (Å²) in [4.78, 5) is 17.4. The Morgan fingerprint density at radius 1 is 1.28 bits per heavy atom. The zero-order valence-electron chi connectivity index (χ0n) is 14.3. The third kappa shape index (κ3) is 2.74. The molecule has 0 aliphatic carbocycles. The van der Waals surface area contributed by atoms with Gasteiger partial charge in [0.25, 0.3) is 0 Å². The van der Waals surface area contributed by atoms with Gasteiger partial charge in [-0.2, -0.15) is 0 Å². The molecule has 7 nitrogen and oxygen atoms in total. The number of pyridine rings is 1. The summed E-state index contributed by atoms with van der Waals surface area (Å²) in [5.74, 6) is 0.0108. The summed E-state index contributed by atoms with van der Waals surface area (Å²) >= 11 is 0. The molecule has 1 aliphatic rings. The van der Waals surface area contributed by atoms with Crippen molar-refractivity contribution >= 4 is 32.1 Å². The third-order valence-electron chi connectivity index (χ3n) is 5.32. The van der Waals surface area contributed by atoms with E-state index < -0.39 is 19.5 Å². The summed E-state index contributed by atoms with van der Waals surface area (Å²) in [7, 11) is -3.23. The minimum Gasteiger partial charge on any atom is -0.363 e. The van der Waals surface area contributed by atoms with E-state index in [0.29, 0.717) is 29.4 Å². The van der Waals surface area contributed by atoms with E-state index in [4.69, 9.17) is 0 Å². The van der Waals surface area contributed by atoms with E-state index in [1.165, 1.54) is 0 Å². The van der Waals surface area contributed by atoms with Gasteiger partial charge in [0.05, 0.1) is 26.3 Å². The van der Waals surface area contributed by atoms with Gasteiger partial charge < -0.3 is 4.90 Å². The molecule has 8 heteroatoms. The van der Waals surface area contributed by atoms with Crippen LogP contribution in [0.15, 0.2) is 30.5 Å². The molecular weight excluding hydrogens is 342 g/mol. The van der Waals surface area contributed by atoms with Crippen molar-refractivity contribution in [3.63, 3.8) is 0 Å². The second kappa shape index (κ2) is 6.25. The molecule has 2 heterocycles. The second-order valence-electron chi connectivity index (χ2n) is 6.39.